The fourth-order valence-electron chi connectivity index (χ4n) is 2.64. The van der Waals surface area contributed by atoms with Crippen LogP contribution >= 0.6 is 0 Å². The van der Waals surface area contributed by atoms with Crippen LogP contribution in [0, 0.1) is 5.92 Å². The van der Waals surface area contributed by atoms with E-state index in [0.29, 0.717) is 24.9 Å². The summed E-state index contributed by atoms with van der Waals surface area (Å²) in [4.78, 5) is 22.5. The average molecular weight is 260 g/mol. The number of nitrogens with one attached hydrogen (secondary N) is 1. The zero-order valence-corrected chi connectivity index (χ0v) is 11.1. The maximum Gasteiger partial charge on any atom is 0.225 e. The van der Waals surface area contributed by atoms with Gasteiger partial charge < -0.3 is 10.2 Å². The van der Waals surface area contributed by atoms with Crippen molar-refractivity contribution < 1.29 is 4.79 Å². The highest BCUT2D eigenvalue weighted by molar-refractivity contribution is 5.76. The smallest absolute Gasteiger partial charge is 0.225 e. The summed E-state index contributed by atoms with van der Waals surface area (Å²) in [5, 5.41) is 3.06. The molecule has 0 aromatic carbocycles. The first-order chi connectivity index (χ1) is 9.33. The van der Waals surface area contributed by atoms with Gasteiger partial charge in [-0.15, -0.1) is 0 Å². The number of hydrogen-bond donors (Lipinski definition) is 1. The SMILES string of the molecule is O=C(CC1CC1)NCC1CCCN1c1ncccn1. The predicted octanol–water partition coefficient (Wildman–Crippen LogP) is 1.36. The third-order valence-corrected chi connectivity index (χ3v) is 3.89. The standard InChI is InChI=1S/C14H20N4O/c19-13(9-11-4-5-11)17-10-12-3-1-8-18(12)14-15-6-2-7-16-14/h2,6-7,11-12H,1,3-5,8-10H2,(H,17,19). The molecule has 1 aliphatic heterocycles. The number of carbonyl (C=O) groups is 1. The van der Waals surface area contributed by atoms with Crippen molar-refractivity contribution in [1.82, 2.24) is 15.3 Å². The minimum atomic E-state index is 0.198. The van der Waals surface area contributed by atoms with Gasteiger partial charge in [0.1, 0.15) is 0 Å². The Bertz CT molecular complexity index is 432. The monoisotopic (exact) mass is 260 g/mol. The van der Waals surface area contributed by atoms with Crippen molar-refractivity contribution in [2.24, 2.45) is 5.92 Å². The van der Waals surface area contributed by atoms with Crippen LogP contribution in [0.1, 0.15) is 32.1 Å². The zero-order valence-electron chi connectivity index (χ0n) is 11.1. The Balaban J connectivity index is 1.53. The van der Waals surface area contributed by atoms with Crippen LogP contribution in [-0.4, -0.2) is 35.0 Å². The molecule has 0 bridgehead atoms. The second-order valence-electron chi connectivity index (χ2n) is 5.49. The molecule has 3 rings (SSSR count). The van der Waals surface area contributed by atoms with Crippen molar-refractivity contribution >= 4 is 11.9 Å². The molecule has 1 unspecified atom stereocenters. The first kappa shape index (κ1) is 12.4. The summed E-state index contributed by atoms with van der Waals surface area (Å²) >= 11 is 0. The van der Waals surface area contributed by atoms with Crippen LogP contribution in [0.4, 0.5) is 5.95 Å². The molecule has 1 N–H and O–H groups in total. The highest BCUT2D eigenvalue weighted by atomic mass is 16.1. The number of anilines is 1. The number of rotatable bonds is 5. The lowest BCUT2D eigenvalue weighted by Crippen LogP contribution is -2.41. The van der Waals surface area contributed by atoms with Crippen molar-refractivity contribution in [2.75, 3.05) is 18.0 Å². The molecule has 0 spiro atoms. The van der Waals surface area contributed by atoms with Gasteiger partial charge in [0.05, 0.1) is 0 Å². The Kier molecular flexibility index (Phi) is 3.62. The largest absolute Gasteiger partial charge is 0.354 e. The lowest BCUT2D eigenvalue weighted by Gasteiger charge is -2.24. The molecule has 0 radical (unpaired) electrons. The maximum absolute atomic E-state index is 11.7. The van der Waals surface area contributed by atoms with Gasteiger partial charge in [0.25, 0.3) is 0 Å². The molecule has 2 fully saturated rings. The van der Waals surface area contributed by atoms with Gasteiger partial charge in [-0.3, -0.25) is 4.79 Å². The summed E-state index contributed by atoms with van der Waals surface area (Å²) in [7, 11) is 0. The van der Waals surface area contributed by atoms with Crippen LogP contribution in [0.3, 0.4) is 0 Å². The van der Waals surface area contributed by atoms with Crippen LogP contribution in [-0.2, 0) is 4.79 Å². The first-order valence-electron chi connectivity index (χ1n) is 7.13. The van der Waals surface area contributed by atoms with Gasteiger partial charge in [-0.1, -0.05) is 0 Å². The van der Waals surface area contributed by atoms with Crippen LogP contribution in [0.15, 0.2) is 18.5 Å². The van der Waals surface area contributed by atoms with Crippen LogP contribution < -0.4 is 10.2 Å². The molecule has 1 aromatic heterocycles. The molecule has 102 valence electrons. The molecule has 5 nitrogen and oxygen atoms in total. The van der Waals surface area contributed by atoms with Gasteiger partial charge in [0.15, 0.2) is 0 Å². The second-order valence-corrected chi connectivity index (χ2v) is 5.49. The predicted molar refractivity (Wildman–Crippen MR) is 72.8 cm³/mol. The molecule has 1 aliphatic carbocycles. The van der Waals surface area contributed by atoms with Crippen molar-refractivity contribution in [3.63, 3.8) is 0 Å². The number of nitrogens with zero attached hydrogens (tertiary/aromatic N) is 3. The Morgan fingerprint density at radius 3 is 2.84 bits per heavy atom. The summed E-state index contributed by atoms with van der Waals surface area (Å²) in [5.74, 6) is 1.63. The third kappa shape index (κ3) is 3.22. The quantitative estimate of drug-likeness (QED) is 0.868. The molecule has 1 atom stereocenters. The van der Waals surface area contributed by atoms with E-state index in [-0.39, 0.29) is 5.91 Å². The highest BCUT2D eigenvalue weighted by Gasteiger charge is 2.28. The summed E-state index contributed by atoms with van der Waals surface area (Å²) in [6.07, 6.45) is 8.92. The number of carbonyl (C=O) groups excluding carboxylic acids is 1. The molecule has 19 heavy (non-hydrogen) atoms. The molecule has 1 saturated carbocycles. The van der Waals surface area contributed by atoms with Gasteiger partial charge >= 0.3 is 0 Å². The van der Waals surface area contributed by atoms with Crippen LogP contribution in [0.5, 0.6) is 0 Å². The maximum atomic E-state index is 11.7. The van der Waals surface area contributed by atoms with E-state index in [0.717, 1.165) is 25.3 Å². The van der Waals surface area contributed by atoms with Crippen LogP contribution in [0.2, 0.25) is 0 Å². The molecule has 2 heterocycles. The minimum absolute atomic E-state index is 0.198. The van der Waals surface area contributed by atoms with Gasteiger partial charge in [-0.25, -0.2) is 9.97 Å². The molecule has 1 aromatic rings. The van der Waals surface area contributed by atoms with E-state index in [9.17, 15) is 4.79 Å². The Morgan fingerprint density at radius 1 is 1.32 bits per heavy atom. The average Bonchev–Trinajstić information content (AvgIpc) is 3.12. The van der Waals surface area contributed by atoms with E-state index in [1.807, 2.05) is 6.07 Å². The topological polar surface area (TPSA) is 58.1 Å². The van der Waals surface area contributed by atoms with Crippen molar-refractivity contribution in [2.45, 2.75) is 38.1 Å². The Hall–Kier alpha value is -1.65. The Labute approximate surface area is 113 Å². The van der Waals surface area contributed by atoms with E-state index in [1.54, 1.807) is 12.4 Å². The number of hydrogen-bond acceptors (Lipinski definition) is 4. The number of aromatic nitrogens is 2. The molecular weight excluding hydrogens is 240 g/mol. The molecule has 2 aliphatic rings. The molecule has 5 heteroatoms. The minimum Gasteiger partial charge on any atom is -0.354 e. The lowest BCUT2D eigenvalue weighted by atomic mass is 10.2. The van der Waals surface area contributed by atoms with E-state index in [2.05, 4.69) is 20.2 Å². The lowest BCUT2D eigenvalue weighted by molar-refractivity contribution is -0.121. The fraction of sp³-hybridized carbons (Fsp3) is 0.643. The summed E-state index contributed by atoms with van der Waals surface area (Å²) in [6, 6.07) is 2.16. The van der Waals surface area contributed by atoms with E-state index < -0.39 is 0 Å². The fourth-order valence-corrected chi connectivity index (χ4v) is 2.64. The van der Waals surface area contributed by atoms with Gasteiger partial charge in [-0.05, 0) is 37.7 Å². The van der Waals surface area contributed by atoms with Crippen LogP contribution in [0.25, 0.3) is 0 Å². The van der Waals surface area contributed by atoms with E-state index in [4.69, 9.17) is 0 Å². The molecular formula is C14H20N4O. The van der Waals surface area contributed by atoms with E-state index >= 15 is 0 Å². The molecule has 1 saturated heterocycles. The van der Waals surface area contributed by atoms with Gasteiger partial charge in [0.2, 0.25) is 11.9 Å². The number of amides is 1. The molecule has 1 amide bonds. The van der Waals surface area contributed by atoms with Crippen molar-refractivity contribution in [1.29, 1.82) is 0 Å². The second kappa shape index (κ2) is 5.55. The normalized spacial score (nSPS) is 22.5. The van der Waals surface area contributed by atoms with Gasteiger partial charge in [-0.2, -0.15) is 0 Å². The van der Waals surface area contributed by atoms with E-state index in [1.165, 1.54) is 12.8 Å². The third-order valence-electron chi connectivity index (χ3n) is 3.89. The van der Waals surface area contributed by atoms with Gasteiger partial charge in [0, 0.05) is 37.9 Å². The Morgan fingerprint density at radius 2 is 2.11 bits per heavy atom. The summed E-state index contributed by atoms with van der Waals surface area (Å²) < 4.78 is 0. The van der Waals surface area contributed by atoms with Crippen molar-refractivity contribution in [3.05, 3.63) is 18.5 Å². The highest BCUT2D eigenvalue weighted by Crippen LogP contribution is 2.32. The first-order valence-corrected chi connectivity index (χ1v) is 7.13. The summed E-state index contributed by atoms with van der Waals surface area (Å²) in [6.45, 7) is 1.69. The summed E-state index contributed by atoms with van der Waals surface area (Å²) in [5.41, 5.74) is 0. The van der Waals surface area contributed by atoms with Crippen molar-refractivity contribution in [3.8, 4) is 0 Å². The zero-order chi connectivity index (χ0) is 13.1.